The molecule has 2 aliphatic heterocycles. The molecule has 3 aromatic rings. The number of hydrogen-bond acceptors (Lipinski definition) is 7. The van der Waals surface area contributed by atoms with E-state index in [2.05, 4.69) is 58.7 Å². The van der Waals surface area contributed by atoms with Crippen LogP contribution in [-0.2, 0) is 6.54 Å². The first-order valence-electron chi connectivity index (χ1n) is 12.4. The van der Waals surface area contributed by atoms with E-state index in [1.165, 1.54) is 30.5 Å². The average Bonchev–Trinajstić information content (AvgIpc) is 3.28. The summed E-state index contributed by atoms with van der Waals surface area (Å²) in [5, 5.41) is 11.5. The zero-order valence-electron chi connectivity index (χ0n) is 19.8. The molecule has 8 nitrogen and oxygen atoms in total. The first-order valence-corrected chi connectivity index (χ1v) is 12.4. The lowest BCUT2D eigenvalue weighted by Crippen LogP contribution is -2.37. The number of nitrogens with zero attached hydrogens (tertiary/aromatic N) is 5. The van der Waals surface area contributed by atoms with Gasteiger partial charge in [0.1, 0.15) is 6.10 Å². The van der Waals surface area contributed by atoms with Crippen molar-refractivity contribution in [2.24, 2.45) is 0 Å². The van der Waals surface area contributed by atoms with Crippen LogP contribution in [-0.4, -0.2) is 51.9 Å². The van der Waals surface area contributed by atoms with Crippen molar-refractivity contribution in [1.82, 2.24) is 24.9 Å². The molecule has 0 saturated carbocycles. The maximum atomic E-state index is 6.21. The molecular weight excluding hydrogens is 414 g/mol. The molecule has 0 spiro atoms. The highest BCUT2D eigenvalue weighted by atomic mass is 16.5. The number of aromatic nitrogens is 4. The molecule has 8 heteroatoms. The van der Waals surface area contributed by atoms with Gasteiger partial charge in [0, 0.05) is 37.4 Å². The number of fused-ring (bicyclic) bond motifs is 1. The maximum absolute atomic E-state index is 6.21. The summed E-state index contributed by atoms with van der Waals surface area (Å²) >= 11 is 0. The van der Waals surface area contributed by atoms with E-state index in [1.54, 1.807) is 0 Å². The minimum absolute atomic E-state index is 0.0966. The molecule has 2 saturated heterocycles. The smallest absolute Gasteiger partial charge is 0.322 e. The van der Waals surface area contributed by atoms with Gasteiger partial charge in [-0.1, -0.05) is 32.0 Å². The molecule has 2 fully saturated rings. The van der Waals surface area contributed by atoms with E-state index in [-0.39, 0.29) is 6.10 Å². The molecule has 0 aliphatic carbocycles. The first kappa shape index (κ1) is 21.9. The summed E-state index contributed by atoms with van der Waals surface area (Å²) in [4.78, 5) is 12.0. The summed E-state index contributed by atoms with van der Waals surface area (Å²) < 4.78 is 8.02. The van der Waals surface area contributed by atoms with Crippen LogP contribution < -0.4 is 20.3 Å². The minimum atomic E-state index is 0.0966. The second-order valence-corrected chi connectivity index (χ2v) is 9.44. The molecule has 176 valence electrons. The Morgan fingerprint density at radius 3 is 2.76 bits per heavy atom. The van der Waals surface area contributed by atoms with Crippen LogP contribution in [0, 0.1) is 0 Å². The van der Waals surface area contributed by atoms with Gasteiger partial charge in [-0.05, 0) is 56.2 Å². The Hall–Kier alpha value is -2.87. The lowest BCUT2D eigenvalue weighted by atomic mass is 10.1. The third-order valence-corrected chi connectivity index (χ3v) is 6.65. The van der Waals surface area contributed by atoms with Gasteiger partial charge in [-0.15, -0.1) is 0 Å². The lowest BCUT2D eigenvalue weighted by molar-refractivity contribution is 0.153. The zero-order chi connectivity index (χ0) is 22.6. The van der Waals surface area contributed by atoms with Gasteiger partial charge < -0.3 is 20.3 Å². The van der Waals surface area contributed by atoms with Crippen molar-refractivity contribution in [3.63, 3.8) is 0 Å². The fourth-order valence-corrected chi connectivity index (χ4v) is 4.80. The number of ether oxygens (including phenoxy) is 1. The molecule has 1 aromatic carbocycles. The van der Waals surface area contributed by atoms with E-state index < -0.39 is 0 Å². The predicted octanol–water partition coefficient (Wildman–Crippen LogP) is 3.98. The normalized spacial score (nSPS) is 19.2. The molecule has 2 N–H and O–H groups in total. The quantitative estimate of drug-likeness (QED) is 0.565. The van der Waals surface area contributed by atoms with Crippen molar-refractivity contribution in [1.29, 1.82) is 0 Å². The van der Waals surface area contributed by atoms with Crippen LogP contribution in [0.2, 0.25) is 0 Å². The van der Waals surface area contributed by atoms with Crippen molar-refractivity contribution >= 4 is 17.3 Å². The van der Waals surface area contributed by atoms with Gasteiger partial charge >= 0.3 is 6.01 Å². The molecule has 2 aliphatic rings. The third kappa shape index (κ3) is 4.90. The van der Waals surface area contributed by atoms with Crippen LogP contribution in [0.1, 0.15) is 63.0 Å². The average molecular weight is 450 g/mol. The zero-order valence-corrected chi connectivity index (χ0v) is 19.8. The molecule has 33 heavy (non-hydrogen) atoms. The molecule has 1 atom stereocenters. The SMILES string of the molecule is CC(C)c1cnn2c(NCc3ccccc3N3CCCCC3)nc(O[C@@H]3CCCNC3)nc12. The summed E-state index contributed by atoms with van der Waals surface area (Å²) in [6, 6.07) is 9.08. The Labute approximate surface area is 195 Å². The maximum Gasteiger partial charge on any atom is 0.322 e. The van der Waals surface area contributed by atoms with E-state index in [0.29, 0.717) is 24.4 Å². The summed E-state index contributed by atoms with van der Waals surface area (Å²) in [6.45, 7) is 9.11. The van der Waals surface area contributed by atoms with Crippen LogP contribution in [0.15, 0.2) is 30.5 Å². The van der Waals surface area contributed by atoms with E-state index in [4.69, 9.17) is 14.7 Å². The second kappa shape index (κ2) is 9.95. The number of anilines is 2. The van der Waals surface area contributed by atoms with Gasteiger partial charge in [0.15, 0.2) is 5.65 Å². The summed E-state index contributed by atoms with van der Waals surface area (Å²) in [5.74, 6) is 0.980. The summed E-state index contributed by atoms with van der Waals surface area (Å²) in [5.41, 5.74) is 4.48. The molecule has 2 aromatic heterocycles. The van der Waals surface area contributed by atoms with Crippen molar-refractivity contribution in [2.75, 3.05) is 36.4 Å². The van der Waals surface area contributed by atoms with E-state index >= 15 is 0 Å². The number of benzene rings is 1. The van der Waals surface area contributed by atoms with Crippen molar-refractivity contribution in [2.45, 2.75) is 64.5 Å². The molecule has 0 amide bonds. The Kier molecular flexibility index (Phi) is 6.62. The molecular formula is C25H35N7O. The van der Waals surface area contributed by atoms with Crippen LogP contribution in [0.3, 0.4) is 0 Å². The van der Waals surface area contributed by atoms with Gasteiger partial charge in [-0.2, -0.15) is 19.6 Å². The first-order chi connectivity index (χ1) is 16.2. The largest absolute Gasteiger partial charge is 0.459 e. The Morgan fingerprint density at radius 1 is 1.12 bits per heavy atom. The third-order valence-electron chi connectivity index (χ3n) is 6.65. The van der Waals surface area contributed by atoms with Crippen LogP contribution in [0.25, 0.3) is 5.65 Å². The Morgan fingerprint density at radius 2 is 1.97 bits per heavy atom. The Bertz CT molecular complexity index is 1070. The van der Waals surface area contributed by atoms with Gasteiger partial charge in [-0.25, -0.2) is 0 Å². The number of nitrogens with one attached hydrogen (secondary N) is 2. The predicted molar refractivity (Wildman–Crippen MR) is 131 cm³/mol. The van der Waals surface area contributed by atoms with Crippen LogP contribution in [0.5, 0.6) is 6.01 Å². The fourth-order valence-electron chi connectivity index (χ4n) is 4.80. The monoisotopic (exact) mass is 449 g/mol. The summed E-state index contributed by atoms with van der Waals surface area (Å²) in [6.07, 6.45) is 7.96. The topological polar surface area (TPSA) is 79.6 Å². The van der Waals surface area contributed by atoms with Gasteiger partial charge in [-0.3, -0.25) is 0 Å². The number of hydrogen-bond donors (Lipinski definition) is 2. The van der Waals surface area contributed by atoms with Crippen LogP contribution >= 0.6 is 0 Å². The van der Waals surface area contributed by atoms with Gasteiger partial charge in [0.2, 0.25) is 5.95 Å². The highest BCUT2D eigenvalue weighted by molar-refractivity contribution is 5.56. The lowest BCUT2D eigenvalue weighted by Gasteiger charge is -2.30. The van der Waals surface area contributed by atoms with Crippen LogP contribution in [0.4, 0.5) is 11.6 Å². The molecule has 0 unspecified atom stereocenters. The second-order valence-electron chi connectivity index (χ2n) is 9.44. The number of piperidine rings is 2. The van der Waals surface area contributed by atoms with Gasteiger partial charge in [0.05, 0.1) is 6.20 Å². The number of para-hydroxylation sites is 1. The van der Waals surface area contributed by atoms with Gasteiger partial charge in [0.25, 0.3) is 0 Å². The van der Waals surface area contributed by atoms with Crippen molar-refractivity contribution in [3.05, 3.63) is 41.6 Å². The fraction of sp³-hybridized carbons (Fsp3) is 0.560. The highest BCUT2D eigenvalue weighted by Gasteiger charge is 2.20. The molecule has 5 rings (SSSR count). The standard InChI is InChI=1S/C25H35N7O/c1-18(2)21-17-28-32-23(21)29-25(33-20-10-8-12-26-16-20)30-24(32)27-15-19-9-4-5-11-22(19)31-13-6-3-7-14-31/h4-5,9,11,17-18,20,26H,3,6-8,10,12-16H2,1-2H3,(H,27,29,30)/t20-/m1/s1. The van der Waals surface area contributed by atoms with E-state index in [0.717, 1.165) is 50.2 Å². The molecule has 0 radical (unpaired) electrons. The van der Waals surface area contributed by atoms with E-state index in [9.17, 15) is 0 Å². The molecule has 4 heterocycles. The highest BCUT2D eigenvalue weighted by Crippen LogP contribution is 2.27. The van der Waals surface area contributed by atoms with Crippen molar-refractivity contribution in [3.8, 4) is 6.01 Å². The number of rotatable bonds is 7. The molecule has 0 bridgehead atoms. The van der Waals surface area contributed by atoms with E-state index in [1.807, 2.05) is 10.7 Å². The Balaban J connectivity index is 1.42. The summed E-state index contributed by atoms with van der Waals surface area (Å²) in [7, 11) is 0. The van der Waals surface area contributed by atoms with Crippen molar-refractivity contribution < 1.29 is 4.74 Å². The minimum Gasteiger partial charge on any atom is -0.459 e.